The maximum absolute atomic E-state index is 6.25. The fraction of sp³-hybridized carbons (Fsp3) is 0. The summed E-state index contributed by atoms with van der Waals surface area (Å²) >= 11 is 0. The number of rotatable bonds is 0. The summed E-state index contributed by atoms with van der Waals surface area (Å²) in [7, 11) is 0. The third kappa shape index (κ3) is 548. The van der Waals surface area contributed by atoms with Gasteiger partial charge in [0.15, 0.2) is 0 Å². The van der Waals surface area contributed by atoms with E-state index in [4.69, 9.17) is 213 Å². The Morgan fingerprint density at radius 2 is 0.125 bits per heavy atom. The molecule has 0 fully saturated rings. The Hall–Kier alpha value is -7.10. The second kappa shape index (κ2) is 604. The topological polar surface area (TPSA) is 428 Å². The van der Waals surface area contributed by atoms with Gasteiger partial charge < -0.3 is 213 Å². The quantitative estimate of drug-likeness (QED) is 0.258. The second-order valence-electron chi connectivity index (χ2n) is 0. The van der Waals surface area contributed by atoms with E-state index in [9.17, 15) is 0 Å². The van der Waals surface area contributed by atoms with Crippen molar-refractivity contribution in [3.8, 4) is 0 Å². The zero-order chi connectivity index (χ0) is 36.0. The van der Waals surface area contributed by atoms with Crippen LogP contribution in [0.3, 0.4) is 0 Å². The van der Waals surface area contributed by atoms with Crippen LogP contribution in [0.4, 0.5) is 0 Å². The number of hydrogen-bond acceptors (Lipinski definition) is 18. The molecule has 4 radical (unpaired) electrons. The normalized spacial score (nSPS) is 0.900. The fourth-order valence-corrected chi connectivity index (χ4v) is 0. The minimum absolute atomic E-state index is 0. The molecule has 0 aliphatic heterocycles. The van der Waals surface area contributed by atoms with Crippen molar-refractivity contribution in [2.24, 2.45) is 0 Å². The van der Waals surface area contributed by atoms with Crippen molar-refractivity contribution < 1.29 is 68.3 Å². The monoisotopic (exact) mass is 689 g/mol. The van der Waals surface area contributed by atoms with E-state index in [-0.39, 0.29) is 68.3 Å². The second-order valence-corrected chi connectivity index (χ2v) is 0. The molecule has 0 saturated carbocycles. The predicted molar refractivity (Wildman–Crippen MR) is 89.4 cm³/mol. The maximum atomic E-state index is 6.25. The SMILES string of the molecule is [C-]#N.[C-]#N.[C-]#N.[C-]#N.[C-]#N.[C-]#N.[C-]#N.[C-]#N.[C-]#N.[C-]#N.[C-]#N.[C-]#N.[C-]#N.[C-]#N.[C-]#N.[C-]#N.[C-]#N.[C-]#N.[Fe+3].[Mn].[Mn].[Mn]. The van der Waals surface area contributed by atoms with Crippen LogP contribution in [0.1, 0.15) is 0 Å². The zero-order valence-corrected chi connectivity index (χ0v) is 23.2. The van der Waals surface area contributed by atoms with Crippen molar-refractivity contribution in [3.63, 3.8) is 0 Å². The van der Waals surface area contributed by atoms with E-state index in [0.717, 1.165) is 0 Å². The Balaban J connectivity index is -0.00000000426. The van der Waals surface area contributed by atoms with E-state index < -0.39 is 0 Å². The van der Waals surface area contributed by atoms with E-state index in [1.165, 1.54) is 0 Å². The van der Waals surface area contributed by atoms with E-state index in [1.807, 2.05) is 0 Å². The van der Waals surface area contributed by atoms with Gasteiger partial charge in [-0.3, -0.25) is 0 Å². The Bertz CT molecular complexity index is 369. The zero-order valence-electron chi connectivity index (χ0n) is 18.5. The third-order valence-electron chi connectivity index (χ3n) is 0. The first-order valence-electron chi connectivity index (χ1n) is 4.02. The summed E-state index contributed by atoms with van der Waals surface area (Å²) in [6.07, 6.45) is 0. The number of nitrogens with zero attached hydrogens (tertiary/aromatic N) is 18. The van der Waals surface area contributed by atoms with Gasteiger partial charge >= 0.3 is 17.1 Å². The van der Waals surface area contributed by atoms with Crippen molar-refractivity contribution in [1.82, 2.24) is 0 Å². The van der Waals surface area contributed by atoms with Gasteiger partial charge in [0.1, 0.15) is 0 Å². The molecule has 0 aromatic heterocycles. The molecule has 0 aliphatic rings. The molecule has 0 bridgehead atoms. The molecule has 0 rings (SSSR count). The predicted octanol–water partition coefficient (Wildman–Crippen LogP) is 1.72. The molecule has 0 amide bonds. The average molecular weight is 689 g/mol. The molecule has 0 aromatic carbocycles. The van der Waals surface area contributed by atoms with Gasteiger partial charge in [0, 0.05) is 51.2 Å². The number of hydrogen-bond donors (Lipinski definition) is 0. The van der Waals surface area contributed by atoms with E-state index in [0.29, 0.717) is 0 Å². The molecule has 206 valence electrons. The first kappa shape index (κ1) is 282. The summed E-state index contributed by atoms with van der Waals surface area (Å²) in [5, 5.41) is 112. The first-order chi connectivity index (χ1) is 18.0. The van der Waals surface area contributed by atoms with Gasteiger partial charge in [-0.1, -0.05) is 0 Å². The Labute approximate surface area is 279 Å². The molecule has 0 N–H and O–H groups in total. The van der Waals surface area contributed by atoms with E-state index in [1.54, 1.807) is 0 Å². The van der Waals surface area contributed by atoms with Gasteiger partial charge in [-0.2, -0.15) is 0 Å². The Morgan fingerprint density at radius 1 is 0.125 bits per heavy atom. The van der Waals surface area contributed by atoms with Crippen LogP contribution >= 0.6 is 0 Å². The smallest absolute Gasteiger partial charge is 0.512 e. The Kier molecular flexibility index (Phi) is 4250. The van der Waals surface area contributed by atoms with Crippen molar-refractivity contribution in [2.45, 2.75) is 0 Å². The molecule has 0 aromatic rings. The molecule has 0 heterocycles. The van der Waals surface area contributed by atoms with Crippen molar-refractivity contribution in [2.75, 3.05) is 0 Å². The molecule has 18 nitrogen and oxygen atoms in total. The summed E-state index contributed by atoms with van der Waals surface area (Å²) in [5.74, 6) is 0. The third-order valence-corrected chi connectivity index (χ3v) is 0. The average Bonchev–Trinajstić information content (AvgIpc) is 3.13. The van der Waals surface area contributed by atoms with Crippen LogP contribution in [0, 0.1) is 213 Å². The molecular weight excluding hydrogens is 689 g/mol. The molecule has 0 aliphatic carbocycles. The minimum Gasteiger partial charge on any atom is -0.512 e. The van der Waals surface area contributed by atoms with Crippen molar-refractivity contribution >= 4 is 0 Å². The fourth-order valence-electron chi connectivity index (χ4n) is 0. The van der Waals surface area contributed by atoms with Crippen LogP contribution in [0.2, 0.25) is 0 Å². The van der Waals surface area contributed by atoms with E-state index in [2.05, 4.69) is 0 Å². The minimum atomic E-state index is 0. The van der Waals surface area contributed by atoms with Gasteiger partial charge in [-0.15, -0.1) is 0 Å². The molecule has 0 spiro atoms. The largest absolute Gasteiger partial charge is 3.00 e. The van der Waals surface area contributed by atoms with Crippen LogP contribution in [-0.2, 0) is 68.3 Å². The van der Waals surface area contributed by atoms with Gasteiger partial charge in [0.25, 0.3) is 0 Å². The molecule has 22 heteroatoms. The van der Waals surface area contributed by atoms with Crippen LogP contribution in [0.25, 0.3) is 0 Å². The summed E-state index contributed by atoms with van der Waals surface area (Å²) in [6, 6.07) is 0. The molecule has 0 saturated heterocycles. The summed E-state index contributed by atoms with van der Waals surface area (Å²) < 4.78 is 0. The molecular formula is C18FeMn3N18-15. The van der Waals surface area contributed by atoms with Gasteiger partial charge in [-0.25, -0.2) is 0 Å². The Morgan fingerprint density at radius 3 is 0.125 bits per heavy atom. The molecule has 0 atom stereocenters. The standard InChI is InChI=1S/18CN.Fe.3Mn/c18*1-2;;;;/q18*-1;+3;;;. The van der Waals surface area contributed by atoms with Crippen LogP contribution in [0.5, 0.6) is 0 Å². The molecule has 40 heavy (non-hydrogen) atoms. The van der Waals surface area contributed by atoms with Crippen LogP contribution in [-0.4, -0.2) is 0 Å². The summed E-state index contributed by atoms with van der Waals surface area (Å²) in [5.41, 5.74) is 0. The van der Waals surface area contributed by atoms with Gasteiger partial charge in [0.2, 0.25) is 0 Å². The van der Waals surface area contributed by atoms with Crippen LogP contribution in [0.15, 0.2) is 0 Å². The summed E-state index contributed by atoms with van der Waals surface area (Å²) in [6.45, 7) is 85.5. The van der Waals surface area contributed by atoms with Crippen molar-refractivity contribution in [1.29, 1.82) is 94.7 Å². The summed E-state index contributed by atoms with van der Waals surface area (Å²) in [4.78, 5) is 0. The van der Waals surface area contributed by atoms with Gasteiger partial charge in [-0.05, 0) is 0 Å². The van der Waals surface area contributed by atoms with Crippen molar-refractivity contribution in [3.05, 3.63) is 118 Å². The molecule has 0 unspecified atom stereocenters. The maximum Gasteiger partial charge on any atom is 3.00 e. The van der Waals surface area contributed by atoms with Gasteiger partial charge in [0.05, 0.1) is 0 Å². The van der Waals surface area contributed by atoms with Crippen LogP contribution < -0.4 is 0 Å². The first-order valence-corrected chi connectivity index (χ1v) is 4.02. The van der Waals surface area contributed by atoms with E-state index >= 15 is 0 Å².